The lowest BCUT2D eigenvalue weighted by molar-refractivity contribution is -0.144. The van der Waals surface area contributed by atoms with Gasteiger partial charge < -0.3 is 14.8 Å². The Hall–Kier alpha value is -3.35. The Kier molecular flexibility index (Phi) is 5.93. The zero-order chi connectivity index (χ0) is 20.1. The van der Waals surface area contributed by atoms with E-state index in [9.17, 15) is 9.59 Å². The number of amides is 1. The van der Waals surface area contributed by atoms with Crippen molar-refractivity contribution in [2.75, 3.05) is 19.0 Å². The number of aryl methyl sites for hydroxylation is 1. The zero-order valence-corrected chi connectivity index (χ0v) is 16.2. The van der Waals surface area contributed by atoms with Crippen LogP contribution in [0.5, 0.6) is 5.75 Å². The van der Waals surface area contributed by atoms with Gasteiger partial charge in [-0.15, -0.1) is 0 Å². The Labute approximate surface area is 163 Å². The van der Waals surface area contributed by atoms with Crippen LogP contribution in [0.25, 0.3) is 16.9 Å². The summed E-state index contributed by atoms with van der Waals surface area (Å²) in [6.07, 6.45) is 1.99. The molecule has 0 spiro atoms. The number of carbonyl (C=O) groups is 2. The van der Waals surface area contributed by atoms with Crippen LogP contribution in [0, 0.1) is 6.92 Å². The SMILES string of the molecule is CCOC(=O)CCC(=O)Nc1c(-c2ccc(OC)cc2)nc2ccc(C)cn12. The lowest BCUT2D eigenvalue weighted by Gasteiger charge is -2.09. The molecule has 28 heavy (non-hydrogen) atoms. The molecule has 0 bridgehead atoms. The number of imidazole rings is 1. The summed E-state index contributed by atoms with van der Waals surface area (Å²) in [7, 11) is 1.61. The summed E-state index contributed by atoms with van der Waals surface area (Å²) in [5.41, 5.74) is 3.26. The molecule has 0 atom stereocenters. The number of esters is 1. The molecule has 0 aliphatic rings. The van der Waals surface area contributed by atoms with Gasteiger partial charge in [-0.25, -0.2) is 4.98 Å². The van der Waals surface area contributed by atoms with Crippen molar-refractivity contribution in [2.45, 2.75) is 26.7 Å². The van der Waals surface area contributed by atoms with Gasteiger partial charge in [-0.2, -0.15) is 0 Å². The van der Waals surface area contributed by atoms with Crippen molar-refractivity contribution >= 4 is 23.3 Å². The lowest BCUT2D eigenvalue weighted by atomic mass is 10.1. The number of pyridine rings is 1. The van der Waals surface area contributed by atoms with Gasteiger partial charge in [-0.05, 0) is 49.7 Å². The number of carbonyl (C=O) groups excluding carboxylic acids is 2. The molecule has 0 fully saturated rings. The predicted octanol–water partition coefficient (Wildman–Crippen LogP) is 3.60. The molecule has 0 unspecified atom stereocenters. The third kappa shape index (κ3) is 4.31. The molecule has 0 aliphatic carbocycles. The summed E-state index contributed by atoms with van der Waals surface area (Å²) in [5.74, 6) is 0.647. The molecular weight excluding hydrogens is 358 g/mol. The van der Waals surface area contributed by atoms with Crippen molar-refractivity contribution in [3.05, 3.63) is 48.2 Å². The summed E-state index contributed by atoms with van der Waals surface area (Å²) in [4.78, 5) is 28.6. The highest BCUT2D eigenvalue weighted by atomic mass is 16.5. The van der Waals surface area contributed by atoms with Crippen molar-refractivity contribution in [3.63, 3.8) is 0 Å². The van der Waals surface area contributed by atoms with Crippen LogP contribution in [-0.2, 0) is 14.3 Å². The fourth-order valence-corrected chi connectivity index (χ4v) is 2.86. The molecule has 1 N–H and O–H groups in total. The maximum Gasteiger partial charge on any atom is 0.306 e. The predicted molar refractivity (Wildman–Crippen MR) is 106 cm³/mol. The maximum absolute atomic E-state index is 12.5. The first kappa shape index (κ1) is 19.4. The van der Waals surface area contributed by atoms with Gasteiger partial charge in [0, 0.05) is 18.2 Å². The molecule has 146 valence electrons. The fraction of sp³-hybridized carbons (Fsp3) is 0.286. The Morgan fingerprint density at radius 2 is 1.86 bits per heavy atom. The number of hydrogen-bond acceptors (Lipinski definition) is 5. The number of hydrogen-bond donors (Lipinski definition) is 1. The van der Waals surface area contributed by atoms with E-state index in [0.717, 1.165) is 22.5 Å². The Balaban J connectivity index is 1.93. The van der Waals surface area contributed by atoms with E-state index < -0.39 is 0 Å². The second-order valence-corrected chi connectivity index (χ2v) is 6.33. The van der Waals surface area contributed by atoms with E-state index in [4.69, 9.17) is 9.47 Å². The van der Waals surface area contributed by atoms with E-state index in [1.54, 1.807) is 14.0 Å². The monoisotopic (exact) mass is 381 g/mol. The van der Waals surface area contributed by atoms with Crippen LogP contribution in [0.15, 0.2) is 42.6 Å². The van der Waals surface area contributed by atoms with Crippen LogP contribution in [0.1, 0.15) is 25.3 Å². The summed E-state index contributed by atoms with van der Waals surface area (Å²) in [6, 6.07) is 11.3. The molecule has 0 aliphatic heterocycles. The molecule has 7 heteroatoms. The number of anilines is 1. The van der Waals surface area contributed by atoms with Crippen molar-refractivity contribution in [2.24, 2.45) is 0 Å². The quantitative estimate of drug-likeness (QED) is 0.633. The van der Waals surface area contributed by atoms with Gasteiger partial charge in [0.1, 0.15) is 22.9 Å². The number of aromatic nitrogens is 2. The lowest BCUT2D eigenvalue weighted by Crippen LogP contribution is -2.16. The van der Waals surface area contributed by atoms with Crippen LogP contribution in [-0.4, -0.2) is 35.0 Å². The molecular formula is C21H23N3O4. The number of ether oxygens (including phenoxy) is 2. The van der Waals surface area contributed by atoms with Crippen LogP contribution in [0.3, 0.4) is 0 Å². The normalized spacial score (nSPS) is 10.7. The molecule has 2 heterocycles. The number of nitrogens with one attached hydrogen (secondary N) is 1. The number of benzene rings is 1. The third-order valence-electron chi connectivity index (χ3n) is 4.25. The van der Waals surface area contributed by atoms with Crippen LogP contribution in [0.4, 0.5) is 5.82 Å². The van der Waals surface area contributed by atoms with Crippen LogP contribution < -0.4 is 10.1 Å². The fourth-order valence-electron chi connectivity index (χ4n) is 2.86. The average molecular weight is 381 g/mol. The van der Waals surface area contributed by atoms with Crippen molar-refractivity contribution < 1.29 is 19.1 Å². The van der Waals surface area contributed by atoms with Gasteiger partial charge in [0.25, 0.3) is 0 Å². The van der Waals surface area contributed by atoms with Crippen molar-refractivity contribution in [3.8, 4) is 17.0 Å². The first-order chi connectivity index (χ1) is 13.5. The second kappa shape index (κ2) is 8.56. The first-order valence-electron chi connectivity index (χ1n) is 9.10. The highest BCUT2D eigenvalue weighted by molar-refractivity contribution is 5.96. The summed E-state index contributed by atoms with van der Waals surface area (Å²) in [6.45, 7) is 4.01. The minimum atomic E-state index is -0.387. The minimum absolute atomic E-state index is 0.0350. The van der Waals surface area contributed by atoms with Gasteiger partial charge in [0.15, 0.2) is 0 Å². The highest BCUT2D eigenvalue weighted by Crippen LogP contribution is 2.30. The highest BCUT2D eigenvalue weighted by Gasteiger charge is 2.17. The van der Waals surface area contributed by atoms with E-state index in [-0.39, 0.29) is 24.7 Å². The Morgan fingerprint density at radius 3 is 2.54 bits per heavy atom. The molecule has 1 aromatic carbocycles. The van der Waals surface area contributed by atoms with Gasteiger partial charge in [-0.1, -0.05) is 6.07 Å². The van der Waals surface area contributed by atoms with E-state index in [1.807, 2.05) is 53.9 Å². The standard InChI is InChI=1S/C21H23N3O4/c1-4-28-19(26)12-11-18(25)23-21-20(15-6-8-16(27-3)9-7-15)22-17-10-5-14(2)13-24(17)21/h5-10,13H,4,11-12H2,1-3H3,(H,23,25). The van der Waals surface area contributed by atoms with E-state index in [1.165, 1.54) is 0 Å². The summed E-state index contributed by atoms with van der Waals surface area (Å²) in [5, 5.41) is 2.91. The smallest absolute Gasteiger partial charge is 0.306 e. The van der Waals surface area contributed by atoms with Crippen molar-refractivity contribution in [1.82, 2.24) is 9.38 Å². The molecule has 3 rings (SSSR count). The first-order valence-corrected chi connectivity index (χ1v) is 9.10. The second-order valence-electron chi connectivity index (χ2n) is 6.33. The van der Waals surface area contributed by atoms with Crippen molar-refractivity contribution in [1.29, 1.82) is 0 Å². The molecule has 2 aromatic heterocycles. The number of rotatable bonds is 7. The molecule has 1 amide bonds. The summed E-state index contributed by atoms with van der Waals surface area (Å²) >= 11 is 0. The van der Waals surface area contributed by atoms with E-state index in [0.29, 0.717) is 18.1 Å². The number of nitrogens with zero attached hydrogens (tertiary/aromatic N) is 2. The Bertz CT molecular complexity index is 993. The third-order valence-corrected chi connectivity index (χ3v) is 4.25. The number of fused-ring (bicyclic) bond motifs is 1. The Morgan fingerprint density at radius 1 is 1.11 bits per heavy atom. The van der Waals surface area contributed by atoms with Gasteiger partial charge >= 0.3 is 5.97 Å². The van der Waals surface area contributed by atoms with Gasteiger partial charge in [-0.3, -0.25) is 14.0 Å². The average Bonchev–Trinajstić information content (AvgIpc) is 3.04. The van der Waals surface area contributed by atoms with Gasteiger partial charge in [0.2, 0.25) is 5.91 Å². The molecule has 0 saturated carbocycles. The van der Waals surface area contributed by atoms with E-state index in [2.05, 4.69) is 10.3 Å². The minimum Gasteiger partial charge on any atom is -0.497 e. The van der Waals surface area contributed by atoms with Crippen LogP contribution in [0.2, 0.25) is 0 Å². The van der Waals surface area contributed by atoms with E-state index >= 15 is 0 Å². The van der Waals surface area contributed by atoms with Crippen LogP contribution >= 0.6 is 0 Å². The topological polar surface area (TPSA) is 81.9 Å². The molecule has 7 nitrogen and oxygen atoms in total. The molecule has 3 aromatic rings. The molecule has 0 radical (unpaired) electrons. The largest absolute Gasteiger partial charge is 0.497 e. The molecule has 0 saturated heterocycles. The summed E-state index contributed by atoms with van der Waals surface area (Å²) < 4.78 is 11.9. The maximum atomic E-state index is 12.5. The number of methoxy groups -OCH3 is 1. The zero-order valence-electron chi connectivity index (χ0n) is 16.2. The van der Waals surface area contributed by atoms with Gasteiger partial charge in [0.05, 0.1) is 20.1 Å².